The predicted molar refractivity (Wildman–Crippen MR) is 85.4 cm³/mol. The molecule has 1 aromatic heterocycles. The zero-order valence-electron chi connectivity index (χ0n) is 11.7. The number of fused-ring (bicyclic) bond motifs is 5. The first-order valence-corrected chi connectivity index (χ1v) is 7.16. The average Bonchev–Trinajstić information content (AvgIpc) is 2.84. The highest BCUT2D eigenvalue weighted by Gasteiger charge is 2.25. The summed E-state index contributed by atoms with van der Waals surface area (Å²) in [4.78, 5) is 0. The van der Waals surface area contributed by atoms with Gasteiger partial charge in [0.05, 0.1) is 0 Å². The predicted octanol–water partition coefficient (Wildman–Crippen LogP) is 2.47. The molecule has 1 heterocycles. The fourth-order valence-electron chi connectivity index (χ4n) is 3.19. The molecule has 0 saturated carbocycles. The highest BCUT2D eigenvalue weighted by molar-refractivity contribution is 6.62. The molecular weight excluding hydrogens is 263 g/mol. The van der Waals surface area contributed by atoms with Crippen LogP contribution in [0.2, 0.25) is 0 Å². The van der Waals surface area contributed by atoms with Crippen LogP contribution in [0.4, 0.5) is 0 Å². The number of hydrogen-bond acceptors (Lipinski definition) is 3. The summed E-state index contributed by atoms with van der Waals surface area (Å²) >= 11 is 0. The second-order valence-electron chi connectivity index (χ2n) is 5.74. The smallest absolute Gasteiger partial charge is 0.461 e. The molecule has 4 heteroatoms. The van der Waals surface area contributed by atoms with Gasteiger partial charge in [-0.1, -0.05) is 49.4 Å². The van der Waals surface area contributed by atoms with E-state index in [-0.39, 0.29) is 0 Å². The fourth-order valence-corrected chi connectivity index (χ4v) is 3.19. The molecule has 0 spiro atoms. The van der Waals surface area contributed by atoms with Crippen LogP contribution in [-0.4, -0.2) is 17.2 Å². The summed E-state index contributed by atoms with van der Waals surface area (Å²) in [7, 11) is -1.54. The first kappa shape index (κ1) is 12.7. The van der Waals surface area contributed by atoms with Crippen molar-refractivity contribution in [1.29, 1.82) is 0 Å². The van der Waals surface area contributed by atoms with Crippen molar-refractivity contribution in [3.63, 3.8) is 0 Å². The summed E-state index contributed by atoms with van der Waals surface area (Å²) < 4.78 is 5.99. The molecule has 0 aliphatic heterocycles. The lowest BCUT2D eigenvalue weighted by Crippen LogP contribution is -2.30. The molecule has 0 saturated heterocycles. The van der Waals surface area contributed by atoms with Crippen molar-refractivity contribution in [3.05, 3.63) is 47.7 Å². The van der Waals surface area contributed by atoms with E-state index in [0.717, 1.165) is 33.9 Å². The van der Waals surface area contributed by atoms with Crippen molar-refractivity contribution >= 4 is 40.4 Å². The zero-order valence-corrected chi connectivity index (χ0v) is 11.7. The van der Waals surface area contributed by atoms with Gasteiger partial charge in [-0.3, -0.25) is 0 Å². The molecule has 3 aromatic rings. The monoisotopic (exact) mass is 278 g/mol. The second kappa shape index (κ2) is 4.48. The van der Waals surface area contributed by atoms with Crippen molar-refractivity contribution in [2.45, 2.75) is 13.3 Å². The summed E-state index contributed by atoms with van der Waals surface area (Å²) in [6.07, 6.45) is 5.11. The van der Waals surface area contributed by atoms with Crippen molar-refractivity contribution in [3.8, 4) is 0 Å². The van der Waals surface area contributed by atoms with Gasteiger partial charge < -0.3 is 14.5 Å². The lowest BCUT2D eigenvalue weighted by Gasteiger charge is -2.10. The van der Waals surface area contributed by atoms with Crippen molar-refractivity contribution in [1.82, 2.24) is 0 Å². The summed E-state index contributed by atoms with van der Waals surface area (Å²) in [5.74, 6) is 1.37. The maximum absolute atomic E-state index is 9.67. The van der Waals surface area contributed by atoms with E-state index >= 15 is 0 Å². The average molecular weight is 278 g/mol. The Morgan fingerprint density at radius 1 is 1.24 bits per heavy atom. The van der Waals surface area contributed by atoms with Gasteiger partial charge in [0.2, 0.25) is 0 Å². The van der Waals surface area contributed by atoms with Gasteiger partial charge in [0, 0.05) is 22.8 Å². The summed E-state index contributed by atoms with van der Waals surface area (Å²) in [6.45, 7) is 2.15. The van der Waals surface area contributed by atoms with E-state index in [2.05, 4.69) is 19.1 Å². The van der Waals surface area contributed by atoms with Gasteiger partial charge in [0.15, 0.2) is 0 Å². The van der Waals surface area contributed by atoms with E-state index in [1.54, 1.807) is 6.07 Å². The van der Waals surface area contributed by atoms with E-state index < -0.39 is 7.12 Å². The summed E-state index contributed by atoms with van der Waals surface area (Å²) in [5.41, 5.74) is 2.09. The molecule has 0 radical (unpaired) electrons. The normalized spacial score (nSPS) is 17.4. The molecule has 1 aliphatic rings. The molecule has 1 aliphatic carbocycles. The molecule has 4 rings (SSSR count). The Morgan fingerprint density at radius 2 is 2.05 bits per heavy atom. The largest absolute Gasteiger partial charge is 0.492 e. The maximum Gasteiger partial charge on any atom is 0.492 e. The van der Waals surface area contributed by atoms with Crippen LogP contribution in [0.3, 0.4) is 0 Å². The Kier molecular flexibility index (Phi) is 2.71. The fraction of sp³-hybridized carbons (Fsp3) is 0.176. The third kappa shape index (κ3) is 1.83. The summed E-state index contributed by atoms with van der Waals surface area (Å²) in [5, 5.41) is 22.4. The van der Waals surface area contributed by atoms with Gasteiger partial charge in [-0.15, -0.1) is 0 Å². The number of rotatable bonds is 1. The molecule has 0 amide bonds. The maximum atomic E-state index is 9.67. The number of benzene rings is 2. The molecule has 104 valence electrons. The number of allylic oxidation sites excluding steroid dienone is 1. The molecule has 3 nitrogen and oxygen atoms in total. The molecule has 1 unspecified atom stereocenters. The molecular formula is C17H15BO3. The zero-order chi connectivity index (χ0) is 14.6. The summed E-state index contributed by atoms with van der Waals surface area (Å²) in [6, 6.07) is 9.77. The van der Waals surface area contributed by atoms with E-state index in [1.165, 1.54) is 0 Å². The molecule has 2 aromatic carbocycles. The van der Waals surface area contributed by atoms with Crippen LogP contribution in [-0.2, 0) is 6.42 Å². The first-order chi connectivity index (χ1) is 10.1. The van der Waals surface area contributed by atoms with Gasteiger partial charge in [-0.25, -0.2) is 0 Å². The Bertz CT molecular complexity index is 876. The second-order valence-corrected chi connectivity index (χ2v) is 5.74. The topological polar surface area (TPSA) is 53.6 Å². The Balaban J connectivity index is 2.19. The SMILES string of the molecule is CC1C=Cc2c(oc3c(B(O)O)cc4ccccc4c23)C1. The van der Waals surface area contributed by atoms with Crippen LogP contribution in [0.1, 0.15) is 18.2 Å². The first-order valence-electron chi connectivity index (χ1n) is 7.16. The quantitative estimate of drug-likeness (QED) is 0.672. The van der Waals surface area contributed by atoms with Gasteiger partial charge >= 0.3 is 7.12 Å². The minimum atomic E-state index is -1.54. The molecule has 21 heavy (non-hydrogen) atoms. The van der Waals surface area contributed by atoms with Gasteiger partial charge in [0.25, 0.3) is 0 Å². The van der Waals surface area contributed by atoms with Crippen LogP contribution in [0.15, 0.2) is 40.8 Å². The Hall–Kier alpha value is -2.04. The highest BCUT2D eigenvalue weighted by atomic mass is 16.4. The van der Waals surface area contributed by atoms with E-state index in [1.807, 2.05) is 24.3 Å². The number of hydrogen-bond donors (Lipinski definition) is 2. The van der Waals surface area contributed by atoms with Gasteiger partial charge in [0.1, 0.15) is 11.3 Å². The van der Waals surface area contributed by atoms with Crippen molar-refractivity contribution < 1.29 is 14.5 Å². The number of furan rings is 1. The minimum absolute atomic E-state index is 0.430. The van der Waals surface area contributed by atoms with E-state index in [4.69, 9.17) is 4.42 Å². The Labute approximate surface area is 122 Å². The molecule has 2 N–H and O–H groups in total. The van der Waals surface area contributed by atoms with E-state index in [9.17, 15) is 10.0 Å². The van der Waals surface area contributed by atoms with Crippen LogP contribution in [0.25, 0.3) is 27.8 Å². The molecule has 0 bridgehead atoms. The minimum Gasteiger partial charge on any atom is -0.461 e. The van der Waals surface area contributed by atoms with Gasteiger partial charge in [-0.05, 0) is 16.7 Å². The lowest BCUT2D eigenvalue weighted by molar-refractivity contribution is 0.425. The third-order valence-corrected chi connectivity index (χ3v) is 4.20. The third-order valence-electron chi connectivity index (χ3n) is 4.20. The van der Waals surface area contributed by atoms with Crippen molar-refractivity contribution in [2.24, 2.45) is 5.92 Å². The Morgan fingerprint density at radius 3 is 2.86 bits per heavy atom. The van der Waals surface area contributed by atoms with Crippen LogP contribution >= 0.6 is 0 Å². The van der Waals surface area contributed by atoms with Crippen LogP contribution < -0.4 is 5.46 Å². The standard InChI is InChI=1S/C17H15BO3/c1-10-6-7-13-15(8-10)21-17-14(18(19)20)9-11-4-2-3-5-12(11)16(13)17/h2-7,9-10,19-20H,8H2,1H3. The van der Waals surface area contributed by atoms with Crippen molar-refractivity contribution in [2.75, 3.05) is 0 Å². The van der Waals surface area contributed by atoms with Gasteiger partial charge in [-0.2, -0.15) is 0 Å². The van der Waals surface area contributed by atoms with E-state index in [0.29, 0.717) is 17.0 Å². The van der Waals surface area contributed by atoms with Crippen LogP contribution in [0, 0.1) is 5.92 Å². The molecule has 0 fully saturated rings. The lowest BCUT2D eigenvalue weighted by atomic mass is 9.77. The van der Waals surface area contributed by atoms with Crippen LogP contribution in [0.5, 0.6) is 0 Å². The highest BCUT2D eigenvalue weighted by Crippen LogP contribution is 2.36. The molecule has 1 atom stereocenters.